The van der Waals surface area contributed by atoms with Crippen LogP contribution in [-0.4, -0.2) is 25.2 Å². The molecule has 2 aromatic carbocycles. The summed E-state index contributed by atoms with van der Waals surface area (Å²) >= 11 is 0. The Bertz CT molecular complexity index is 1110. The highest BCUT2D eigenvalue weighted by Gasteiger charge is 2.02. The van der Waals surface area contributed by atoms with Crippen LogP contribution in [0.2, 0.25) is 0 Å². The van der Waals surface area contributed by atoms with Gasteiger partial charge in [0.05, 0.1) is 5.69 Å². The average molecular weight is 385 g/mol. The number of phenols is 2. The van der Waals surface area contributed by atoms with E-state index in [2.05, 4.69) is 15.0 Å². The van der Waals surface area contributed by atoms with Crippen LogP contribution in [0.3, 0.4) is 0 Å². The van der Waals surface area contributed by atoms with E-state index in [9.17, 15) is 10.2 Å². The Labute approximate surface area is 170 Å². The van der Waals surface area contributed by atoms with Crippen molar-refractivity contribution in [1.82, 2.24) is 15.0 Å². The van der Waals surface area contributed by atoms with E-state index in [1.54, 1.807) is 30.7 Å². The smallest absolute Gasteiger partial charge is 0.118 e. The minimum Gasteiger partial charge on any atom is -0.508 e. The van der Waals surface area contributed by atoms with E-state index in [0.29, 0.717) is 11.5 Å². The van der Waals surface area contributed by atoms with Crippen LogP contribution in [0.15, 0.2) is 73.4 Å². The lowest BCUT2D eigenvalue weighted by Crippen LogP contribution is -1.85. The van der Waals surface area contributed by atoms with Crippen molar-refractivity contribution in [2.75, 3.05) is 0 Å². The van der Waals surface area contributed by atoms with Crippen LogP contribution in [-0.2, 0) is 0 Å². The van der Waals surface area contributed by atoms with Gasteiger partial charge in [0.15, 0.2) is 0 Å². The molecule has 0 bridgehead atoms. The van der Waals surface area contributed by atoms with Crippen molar-refractivity contribution < 1.29 is 10.2 Å². The quantitative estimate of drug-likeness (QED) is 0.494. The Morgan fingerprint density at radius 2 is 1.24 bits per heavy atom. The summed E-state index contributed by atoms with van der Waals surface area (Å²) < 4.78 is 0. The fourth-order valence-electron chi connectivity index (χ4n) is 2.79. The van der Waals surface area contributed by atoms with Gasteiger partial charge >= 0.3 is 0 Å². The number of aryl methyl sites for hydroxylation is 3. The van der Waals surface area contributed by atoms with Gasteiger partial charge in [0.1, 0.15) is 17.8 Å². The van der Waals surface area contributed by atoms with Gasteiger partial charge in [-0.2, -0.15) is 0 Å². The van der Waals surface area contributed by atoms with E-state index < -0.39 is 0 Å². The summed E-state index contributed by atoms with van der Waals surface area (Å²) in [6, 6.07) is 15.0. The molecule has 0 saturated heterocycles. The fraction of sp³-hybridized carbons (Fsp3) is 0.125. The molecule has 2 aromatic heterocycles. The van der Waals surface area contributed by atoms with Crippen LogP contribution in [0.5, 0.6) is 11.5 Å². The molecule has 0 aliphatic carbocycles. The van der Waals surface area contributed by atoms with E-state index in [1.807, 2.05) is 57.2 Å². The third-order valence-corrected chi connectivity index (χ3v) is 4.50. The molecule has 0 spiro atoms. The summed E-state index contributed by atoms with van der Waals surface area (Å²) in [6.07, 6.45) is 6.79. The summed E-state index contributed by atoms with van der Waals surface area (Å²) in [5.74, 6) is 0.636. The van der Waals surface area contributed by atoms with Gasteiger partial charge in [-0.25, -0.2) is 9.97 Å². The van der Waals surface area contributed by atoms with Crippen LogP contribution >= 0.6 is 0 Å². The lowest BCUT2D eigenvalue weighted by molar-refractivity contribution is 0.470. The van der Waals surface area contributed by atoms with Crippen molar-refractivity contribution in [3.8, 4) is 33.9 Å². The van der Waals surface area contributed by atoms with Crippen molar-refractivity contribution >= 4 is 0 Å². The van der Waals surface area contributed by atoms with Gasteiger partial charge in [-0.3, -0.25) is 4.98 Å². The summed E-state index contributed by atoms with van der Waals surface area (Å²) in [5.41, 5.74) is 6.86. The first-order chi connectivity index (χ1) is 13.9. The summed E-state index contributed by atoms with van der Waals surface area (Å²) in [7, 11) is 0. The van der Waals surface area contributed by atoms with E-state index in [1.165, 1.54) is 11.9 Å². The van der Waals surface area contributed by atoms with E-state index in [0.717, 1.165) is 33.5 Å². The molecule has 0 radical (unpaired) electrons. The molecule has 4 rings (SSSR count). The van der Waals surface area contributed by atoms with Crippen molar-refractivity contribution in [3.63, 3.8) is 0 Å². The lowest BCUT2D eigenvalue weighted by Gasteiger charge is -2.04. The maximum atomic E-state index is 9.42. The van der Waals surface area contributed by atoms with Crippen LogP contribution in [0.25, 0.3) is 22.4 Å². The number of nitrogens with zero attached hydrogens (tertiary/aromatic N) is 3. The van der Waals surface area contributed by atoms with Gasteiger partial charge in [-0.05, 0) is 85.5 Å². The molecule has 4 aromatic rings. The zero-order valence-electron chi connectivity index (χ0n) is 16.7. The number of hydrogen-bond acceptors (Lipinski definition) is 5. The minimum atomic E-state index is 0.311. The number of hydrogen-bond donors (Lipinski definition) is 2. The first kappa shape index (κ1) is 20.0. The number of rotatable bonds is 2. The van der Waals surface area contributed by atoms with Crippen LogP contribution in [0.4, 0.5) is 0 Å². The zero-order chi connectivity index (χ0) is 20.8. The Balaban J connectivity index is 0.000000166. The predicted octanol–water partition coefficient (Wildman–Crippen LogP) is 5.23. The number of aromatic hydroxyl groups is 2. The summed E-state index contributed by atoms with van der Waals surface area (Å²) in [6.45, 7) is 5.79. The Kier molecular flexibility index (Phi) is 6.19. The molecule has 2 heterocycles. The summed E-state index contributed by atoms with van der Waals surface area (Å²) in [5, 5.41) is 18.8. The highest BCUT2D eigenvalue weighted by molar-refractivity contribution is 5.64. The maximum absolute atomic E-state index is 9.42. The highest BCUT2D eigenvalue weighted by atomic mass is 16.3. The second-order valence-corrected chi connectivity index (χ2v) is 6.85. The van der Waals surface area contributed by atoms with Gasteiger partial charge in [-0.1, -0.05) is 6.07 Å². The van der Waals surface area contributed by atoms with E-state index in [-0.39, 0.29) is 0 Å². The number of benzene rings is 2. The topological polar surface area (TPSA) is 79.1 Å². The molecule has 0 amide bonds. The van der Waals surface area contributed by atoms with Crippen molar-refractivity contribution in [2.45, 2.75) is 20.8 Å². The molecule has 0 atom stereocenters. The molecule has 0 saturated carbocycles. The van der Waals surface area contributed by atoms with Gasteiger partial charge in [0.2, 0.25) is 0 Å². The fourth-order valence-corrected chi connectivity index (χ4v) is 2.79. The molecule has 0 aliphatic rings. The second-order valence-electron chi connectivity index (χ2n) is 6.85. The van der Waals surface area contributed by atoms with Crippen LogP contribution < -0.4 is 0 Å². The van der Waals surface area contributed by atoms with Crippen molar-refractivity contribution in [3.05, 3.63) is 90.1 Å². The van der Waals surface area contributed by atoms with Gasteiger partial charge in [0.25, 0.3) is 0 Å². The summed E-state index contributed by atoms with van der Waals surface area (Å²) in [4.78, 5) is 12.2. The number of pyridine rings is 1. The molecule has 146 valence electrons. The maximum Gasteiger partial charge on any atom is 0.118 e. The minimum absolute atomic E-state index is 0.311. The number of phenolic OH excluding ortho intramolecular Hbond substituents is 2. The monoisotopic (exact) mass is 385 g/mol. The largest absolute Gasteiger partial charge is 0.508 e. The molecular weight excluding hydrogens is 362 g/mol. The Morgan fingerprint density at radius 1 is 0.655 bits per heavy atom. The third kappa shape index (κ3) is 5.17. The molecule has 5 nitrogen and oxygen atoms in total. The second kappa shape index (κ2) is 8.97. The molecule has 0 aliphatic heterocycles. The highest BCUT2D eigenvalue weighted by Crippen LogP contribution is 2.25. The van der Waals surface area contributed by atoms with Crippen molar-refractivity contribution in [2.24, 2.45) is 0 Å². The Morgan fingerprint density at radius 3 is 1.83 bits per heavy atom. The van der Waals surface area contributed by atoms with Crippen LogP contribution in [0.1, 0.15) is 16.7 Å². The first-order valence-electron chi connectivity index (χ1n) is 9.21. The van der Waals surface area contributed by atoms with Gasteiger partial charge < -0.3 is 10.2 Å². The van der Waals surface area contributed by atoms with E-state index >= 15 is 0 Å². The molecule has 5 heteroatoms. The normalized spacial score (nSPS) is 10.2. The molecule has 0 unspecified atom stereocenters. The Hall–Kier alpha value is -3.73. The lowest BCUT2D eigenvalue weighted by atomic mass is 10.1. The predicted molar refractivity (Wildman–Crippen MR) is 115 cm³/mol. The average Bonchev–Trinajstić information content (AvgIpc) is 2.73. The molecular formula is C24H23N3O2. The van der Waals surface area contributed by atoms with Crippen LogP contribution in [0, 0.1) is 20.8 Å². The van der Waals surface area contributed by atoms with Gasteiger partial charge in [0, 0.05) is 29.7 Å². The standard InChI is InChI=1S/C13H13NO.C11H10N2O/c1-9-5-6-14-12(7-9)11-3-4-13(15)10(2)8-11;1-8-4-9(2-3-11(8)14)10-5-12-7-13-6-10/h3-8,15H,1-2H3;2-7,14H,1H3. The van der Waals surface area contributed by atoms with Gasteiger partial charge in [-0.15, -0.1) is 0 Å². The number of aromatic nitrogens is 3. The molecule has 2 N–H and O–H groups in total. The van der Waals surface area contributed by atoms with Crippen molar-refractivity contribution in [1.29, 1.82) is 0 Å². The van der Waals surface area contributed by atoms with E-state index in [4.69, 9.17) is 0 Å². The first-order valence-corrected chi connectivity index (χ1v) is 9.21. The molecule has 0 fully saturated rings. The SMILES string of the molecule is Cc1cc(-c2cncnc2)ccc1O.Cc1ccnc(-c2ccc(O)c(C)c2)c1. The third-order valence-electron chi connectivity index (χ3n) is 4.50. The molecule has 29 heavy (non-hydrogen) atoms. The zero-order valence-corrected chi connectivity index (χ0v) is 16.7.